The highest BCUT2D eigenvalue weighted by atomic mass is 32.1. The molecule has 202 valence electrons. The zero-order valence-electron chi connectivity index (χ0n) is 21.3. The second-order valence-corrected chi connectivity index (χ2v) is 10.2. The smallest absolute Gasteiger partial charge is 0.351 e. The third-order valence-electron chi connectivity index (χ3n) is 6.27. The maximum absolute atomic E-state index is 13.4. The number of aromatic nitrogens is 2. The van der Waals surface area contributed by atoms with Crippen LogP contribution in [0, 0.1) is 13.8 Å². The fourth-order valence-corrected chi connectivity index (χ4v) is 5.41. The first-order valence-electron chi connectivity index (χ1n) is 12.5. The number of aryl methyl sites for hydroxylation is 2. The molecule has 3 aromatic rings. The fourth-order valence-electron chi connectivity index (χ4n) is 4.46. The predicted octanol–water partition coefficient (Wildman–Crippen LogP) is 5.06. The molecule has 1 unspecified atom stereocenters. The van der Waals surface area contributed by atoms with E-state index in [2.05, 4.69) is 20.6 Å². The number of pyridine rings is 1. The molecule has 2 N–H and O–H groups in total. The van der Waals surface area contributed by atoms with Crippen molar-refractivity contribution in [2.24, 2.45) is 0 Å². The number of hydrogen-bond donors (Lipinski definition) is 2. The van der Waals surface area contributed by atoms with Gasteiger partial charge in [0.2, 0.25) is 0 Å². The molecule has 1 fully saturated rings. The van der Waals surface area contributed by atoms with E-state index in [9.17, 15) is 22.8 Å². The van der Waals surface area contributed by atoms with Gasteiger partial charge in [-0.2, -0.15) is 13.2 Å². The van der Waals surface area contributed by atoms with E-state index in [0.717, 1.165) is 35.7 Å². The van der Waals surface area contributed by atoms with Crippen molar-refractivity contribution in [1.29, 1.82) is 0 Å². The van der Waals surface area contributed by atoms with E-state index in [0.29, 0.717) is 49.4 Å². The van der Waals surface area contributed by atoms with Gasteiger partial charge in [0.25, 0.3) is 11.8 Å². The lowest BCUT2D eigenvalue weighted by atomic mass is 10.1. The Labute approximate surface area is 223 Å². The Kier molecular flexibility index (Phi) is 8.78. The summed E-state index contributed by atoms with van der Waals surface area (Å²) in [4.78, 5) is 36.8. The zero-order valence-corrected chi connectivity index (χ0v) is 22.1. The van der Waals surface area contributed by atoms with Gasteiger partial charge in [-0.25, -0.2) is 9.97 Å². The number of alkyl halides is 3. The molecule has 0 saturated carbocycles. The van der Waals surface area contributed by atoms with Crippen LogP contribution in [-0.4, -0.2) is 46.3 Å². The van der Waals surface area contributed by atoms with Crippen LogP contribution in [0.2, 0.25) is 0 Å². The quantitative estimate of drug-likeness (QED) is 0.367. The lowest BCUT2D eigenvalue weighted by Gasteiger charge is -2.23. The third-order valence-corrected chi connectivity index (χ3v) is 7.33. The van der Waals surface area contributed by atoms with E-state index in [1.807, 2.05) is 17.2 Å². The highest BCUT2D eigenvalue weighted by Gasteiger charge is 2.33. The Morgan fingerprint density at radius 2 is 1.92 bits per heavy atom. The first-order valence-corrected chi connectivity index (χ1v) is 13.4. The van der Waals surface area contributed by atoms with E-state index < -0.39 is 11.7 Å². The van der Waals surface area contributed by atoms with Crippen molar-refractivity contribution in [3.63, 3.8) is 0 Å². The molecule has 4 rings (SSSR count). The van der Waals surface area contributed by atoms with Crippen LogP contribution in [0.3, 0.4) is 0 Å². The van der Waals surface area contributed by atoms with Crippen molar-refractivity contribution >= 4 is 23.2 Å². The predicted molar refractivity (Wildman–Crippen MR) is 139 cm³/mol. The maximum Gasteiger partial charge on any atom is 0.416 e. The molecular formula is C27H30F3N5O2S. The van der Waals surface area contributed by atoms with Gasteiger partial charge >= 0.3 is 6.18 Å². The minimum absolute atomic E-state index is 0.0598. The van der Waals surface area contributed by atoms with Gasteiger partial charge in [0.05, 0.1) is 11.6 Å². The lowest BCUT2D eigenvalue weighted by molar-refractivity contribution is -0.137. The van der Waals surface area contributed by atoms with Gasteiger partial charge in [0.1, 0.15) is 10.7 Å². The Morgan fingerprint density at radius 1 is 1.11 bits per heavy atom. The monoisotopic (exact) mass is 545 g/mol. The van der Waals surface area contributed by atoms with Crippen LogP contribution in [0.5, 0.6) is 0 Å². The molecule has 2 aromatic heterocycles. The largest absolute Gasteiger partial charge is 0.416 e. The third kappa shape index (κ3) is 6.96. The number of likely N-dealkylation sites (tertiary alicyclic amines) is 1. The van der Waals surface area contributed by atoms with Crippen LogP contribution >= 0.6 is 11.3 Å². The average Bonchev–Trinajstić information content (AvgIpc) is 3.54. The topological polar surface area (TPSA) is 87.2 Å². The van der Waals surface area contributed by atoms with Gasteiger partial charge in [-0.15, -0.1) is 11.3 Å². The number of benzene rings is 1. The summed E-state index contributed by atoms with van der Waals surface area (Å²) in [5.74, 6) is -0.521. The van der Waals surface area contributed by atoms with Crippen molar-refractivity contribution in [3.8, 4) is 0 Å². The number of thiazole rings is 1. The van der Waals surface area contributed by atoms with Crippen molar-refractivity contribution < 1.29 is 22.8 Å². The summed E-state index contributed by atoms with van der Waals surface area (Å²) in [6, 6.07) is 8.35. The minimum atomic E-state index is -4.37. The Bertz CT molecular complexity index is 1290. The molecule has 2 amide bonds. The van der Waals surface area contributed by atoms with Gasteiger partial charge in [-0.05, 0) is 63.4 Å². The number of amides is 2. The second-order valence-electron chi connectivity index (χ2n) is 9.35. The Morgan fingerprint density at radius 3 is 2.66 bits per heavy atom. The van der Waals surface area contributed by atoms with Crippen LogP contribution < -0.4 is 10.6 Å². The highest BCUT2D eigenvalue weighted by Crippen LogP contribution is 2.35. The van der Waals surface area contributed by atoms with E-state index in [1.54, 1.807) is 30.4 Å². The number of carbonyl (C=O) groups excluding carboxylic acids is 2. The van der Waals surface area contributed by atoms with Crippen molar-refractivity contribution in [3.05, 3.63) is 80.6 Å². The molecule has 1 aromatic carbocycles. The number of rotatable bonds is 9. The highest BCUT2D eigenvalue weighted by molar-refractivity contribution is 7.09. The number of nitrogens with zero attached hydrogens (tertiary/aromatic N) is 3. The first-order chi connectivity index (χ1) is 18.1. The fraction of sp³-hybridized carbons (Fsp3) is 0.407. The molecule has 7 nitrogen and oxygen atoms in total. The van der Waals surface area contributed by atoms with Gasteiger partial charge in [-0.1, -0.05) is 18.2 Å². The van der Waals surface area contributed by atoms with E-state index in [1.165, 1.54) is 12.1 Å². The van der Waals surface area contributed by atoms with Crippen molar-refractivity contribution in [2.75, 3.05) is 19.6 Å². The lowest BCUT2D eigenvalue weighted by Crippen LogP contribution is -2.32. The molecule has 1 aliphatic heterocycles. The van der Waals surface area contributed by atoms with E-state index >= 15 is 0 Å². The first kappa shape index (κ1) is 27.7. The van der Waals surface area contributed by atoms with Gasteiger partial charge in [-0.3, -0.25) is 9.59 Å². The van der Waals surface area contributed by atoms with Crippen LogP contribution in [0.4, 0.5) is 13.2 Å². The molecule has 3 heterocycles. The van der Waals surface area contributed by atoms with E-state index in [4.69, 9.17) is 0 Å². The molecule has 0 radical (unpaired) electrons. The standard InChI is InChI=1S/C27H30F3N5O2S/c1-17-12-20(26(37)35-11-4-8-23(35)25-34-18(2)16-38-25)14-22(33-17)24(36)32-10-5-9-31-15-19-6-3-7-21(13-19)27(28,29)30/h3,6-7,12-14,16,23,31H,4-5,8-11,15H2,1-2H3,(H,32,36). The second kappa shape index (κ2) is 12.0. The molecule has 1 atom stereocenters. The molecule has 0 bridgehead atoms. The summed E-state index contributed by atoms with van der Waals surface area (Å²) in [5, 5.41) is 8.80. The van der Waals surface area contributed by atoms with Gasteiger partial charge in [0, 0.05) is 42.0 Å². The Balaban J connectivity index is 1.28. The SMILES string of the molecule is Cc1cc(C(=O)N2CCCC2c2nc(C)cs2)cc(C(=O)NCCCNCc2cccc(C(F)(F)F)c2)n1. The molecule has 0 spiro atoms. The molecule has 0 aliphatic carbocycles. The summed E-state index contributed by atoms with van der Waals surface area (Å²) >= 11 is 1.56. The normalized spacial score (nSPS) is 15.6. The van der Waals surface area contributed by atoms with Crippen molar-refractivity contribution in [2.45, 2.75) is 51.9 Å². The average molecular weight is 546 g/mol. The number of carbonyl (C=O) groups is 2. The van der Waals surface area contributed by atoms with Crippen LogP contribution in [0.1, 0.15) is 73.7 Å². The summed E-state index contributed by atoms with van der Waals surface area (Å²) in [6.45, 7) is 5.47. The molecular weight excluding hydrogens is 515 g/mol. The van der Waals surface area contributed by atoms with Crippen LogP contribution in [0.25, 0.3) is 0 Å². The van der Waals surface area contributed by atoms with Crippen LogP contribution in [-0.2, 0) is 12.7 Å². The summed E-state index contributed by atoms with van der Waals surface area (Å²) in [6.07, 6.45) is -2.04. The van der Waals surface area contributed by atoms with E-state index in [-0.39, 0.29) is 23.6 Å². The summed E-state index contributed by atoms with van der Waals surface area (Å²) in [5.41, 5.74) is 1.97. The van der Waals surface area contributed by atoms with Crippen LogP contribution in [0.15, 0.2) is 41.8 Å². The summed E-state index contributed by atoms with van der Waals surface area (Å²) < 4.78 is 38.5. The zero-order chi connectivity index (χ0) is 27.3. The summed E-state index contributed by atoms with van der Waals surface area (Å²) in [7, 11) is 0. The Hall–Kier alpha value is -3.31. The van der Waals surface area contributed by atoms with Gasteiger partial charge in [0.15, 0.2) is 0 Å². The number of hydrogen-bond acceptors (Lipinski definition) is 6. The molecule has 1 saturated heterocycles. The molecule has 38 heavy (non-hydrogen) atoms. The molecule has 1 aliphatic rings. The number of halogens is 3. The van der Waals surface area contributed by atoms with Crippen molar-refractivity contribution in [1.82, 2.24) is 25.5 Å². The number of nitrogens with one attached hydrogen (secondary N) is 2. The van der Waals surface area contributed by atoms with Gasteiger partial charge < -0.3 is 15.5 Å². The molecule has 11 heteroatoms. The minimum Gasteiger partial charge on any atom is -0.351 e. The maximum atomic E-state index is 13.4.